The number of rotatable bonds is 2. The summed E-state index contributed by atoms with van der Waals surface area (Å²) in [6.07, 6.45) is 6.76. The number of piperidine rings is 1. The number of guanidine groups is 1. The Kier molecular flexibility index (Phi) is 6.54. The number of likely N-dealkylation sites (tertiary alicyclic amines) is 1. The molecule has 4 nitrogen and oxygen atoms in total. The van der Waals surface area contributed by atoms with Crippen LogP contribution in [0.3, 0.4) is 0 Å². The predicted octanol–water partition coefficient (Wildman–Crippen LogP) is 1.57. The lowest BCUT2D eigenvalue weighted by molar-refractivity contribution is 0.136. The minimum atomic E-state index is -0.155. The quantitative estimate of drug-likeness (QED) is 0.450. The van der Waals surface area contributed by atoms with Gasteiger partial charge in [0, 0.05) is 25.6 Å². The summed E-state index contributed by atoms with van der Waals surface area (Å²) in [7, 11) is 0. The Morgan fingerprint density at radius 1 is 1.18 bits per heavy atom. The molecule has 0 amide bonds. The summed E-state index contributed by atoms with van der Waals surface area (Å²) in [5.41, 5.74) is 5.97. The van der Waals surface area contributed by atoms with Crippen LogP contribution >= 0.6 is 24.0 Å². The van der Waals surface area contributed by atoms with Gasteiger partial charge in [-0.3, -0.25) is 4.99 Å². The summed E-state index contributed by atoms with van der Waals surface area (Å²) < 4.78 is 0. The number of aliphatic hydroxyl groups is 1. The normalized spacial score (nSPS) is 30.2. The van der Waals surface area contributed by atoms with Crippen molar-refractivity contribution >= 4 is 29.9 Å². The van der Waals surface area contributed by atoms with Gasteiger partial charge in [0.15, 0.2) is 5.96 Å². The second-order valence-corrected chi connectivity index (χ2v) is 5.00. The van der Waals surface area contributed by atoms with E-state index in [0.717, 1.165) is 32.4 Å². The van der Waals surface area contributed by atoms with E-state index in [0.29, 0.717) is 18.4 Å². The second kappa shape index (κ2) is 7.41. The molecular weight excluding hydrogens is 329 g/mol. The van der Waals surface area contributed by atoms with Crippen LogP contribution in [0.1, 0.15) is 38.5 Å². The summed E-state index contributed by atoms with van der Waals surface area (Å²) in [6.45, 7) is 2.79. The molecule has 1 saturated carbocycles. The van der Waals surface area contributed by atoms with Crippen molar-refractivity contribution in [1.29, 1.82) is 0 Å². The van der Waals surface area contributed by atoms with E-state index in [4.69, 9.17) is 5.73 Å². The molecule has 2 rings (SSSR count). The Morgan fingerprint density at radius 2 is 1.88 bits per heavy atom. The lowest BCUT2D eigenvalue weighted by Gasteiger charge is -2.27. The van der Waals surface area contributed by atoms with Crippen molar-refractivity contribution in [2.24, 2.45) is 16.6 Å². The molecule has 0 radical (unpaired) electrons. The molecule has 1 saturated heterocycles. The number of aliphatic hydroxyl groups excluding tert-OH is 1. The monoisotopic (exact) mass is 353 g/mol. The van der Waals surface area contributed by atoms with Crippen molar-refractivity contribution in [3.63, 3.8) is 0 Å². The minimum absolute atomic E-state index is 0. The third-order valence-corrected chi connectivity index (χ3v) is 3.79. The fourth-order valence-electron chi connectivity index (χ4n) is 2.66. The highest BCUT2D eigenvalue weighted by Gasteiger charge is 2.25. The first-order valence-corrected chi connectivity index (χ1v) is 6.50. The van der Waals surface area contributed by atoms with E-state index >= 15 is 0 Å². The van der Waals surface area contributed by atoms with Crippen LogP contribution in [0.4, 0.5) is 0 Å². The Balaban J connectivity index is 0.00000144. The highest BCUT2D eigenvalue weighted by molar-refractivity contribution is 14.0. The van der Waals surface area contributed by atoms with E-state index in [2.05, 4.69) is 9.89 Å². The first-order valence-electron chi connectivity index (χ1n) is 6.50. The number of nitrogens with zero attached hydrogens (tertiary/aromatic N) is 2. The molecule has 1 heterocycles. The Bertz CT molecular complexity index is 254. The summed E-state index contributed by atoms with van der Waals surface area (Å²) in [6, 6.07) is 0. The molecule has 1 aliphatic carbocycles. The molecule has 2 fully saturated rings. The zero-order chi connectivity index (χ0) is 11.4. The Morgan fingerprint density at radius 3 is 2.47 bits per heavy atom. The lowest BCUT2D eigenvalue weighted by atomic mass is 10.1. The fraction of sp³-hybridized carbons (Fsp3) is 0.917. The van der Waals surface area contributed by atoms with Crippen LogP contribution in [-0.2, 0) is 0 Å². The number of aliphatic imine (C=N–C) groups is 1. The van der Waals surface area contributed by atoms with E-state index in [1.807, 2.05) is 0 Å². The van der Waals surface area contributed by atoms with Gasteiger partial charge in [-0.15, -0.1) is 24.0 Å². The first-order chi connectivity index (χ1) is 7.77. The standard InChI is InChI=1S/C12H23N3O.HI/c13-12(15-7-2-1-3-8-15)14-9-10-5-4-6-11(10)16;/h10-11,16H,1-9H2,(H2,13,14);1H. The average Bonchev–Trinajstić information content (AvgIpc) is 2.73. The summed E-state index contributed by atoms with van der Waals surface area (Å²) >= 11 is 0. The highest BCUT2D eigenvalue weighted by atomic mass is 127. The number of hydrogen-bond acceptors (Lipinski definition) is 2. The molecular formula is C12H24IN3O. The molecule has 2 aliphatic rings. The van der Waals surface area contributed by atoms with Gasteiger partial charge in [0.1, 0.15) is 0 Å². The van der Waals surface area contributed by atoms with E-state index in [-0.39, 0.29) is 30.1 Å². The van der Waals surface area contributed by atoms with Gasteiger partial charge in [0.2, 0.25) is 0 Å². The smallest absolute Gasteiger partial charge is 0.191 e. The summed E-state index contributed by atoms with van der Waals surface area (Å²) in [5.74, 6) is 1.02. The van der Waals surface area contributed by atoms with Crippen LogP contribution in [-0.4, -0.2) is 41.7 Å². The van der Waals surface area contributed by atoms with Crippen molar-refractivity contribution in [3.05, 3.63) is 0 Å². The fourth-order valence-corrected chi connectivity index (χ4v) is 2.66. The van der Waals surface area contributed by atoms with Crippen LogP contribution < -0.4 is 5.73 Å². The number of halogens is 1. The van der Waals surface area contributed by atoms with Crippen LogP contribution in [0.2, 0.25) is 0 Å². The Hall–Kier alpha value is -0.0400. The van der Waals surface area contributed by atoms with Gasteiger partial charge < -0.3 is 15.7 Å². The molecule has 100 valence electrons. The van der Waals surface area contributed by atoms with Gasteiger partial charge in [0.25, 0.3) is 0 Å². The molecule has 1 aliphatic heterocycles. The molecule has 5 heteroatoms. The van der Waals surface area contributed by atoms with Crippen LogP contribution in [0.15, 0.2) is 4.99 Å². The second-order valence-electron chi connectivity index (χ2n) is 5.00. The third-order valence-electron chi connectivity index (χ3n) is 3.79. The van der Waals surface area contributed by atoms with Gasteiger partial charge >= 0.3 is 0 Å². The minimum Gasteiger partial charge on any atom is -0.393 e. The van der Waals surface area contributed by atoms with Crippen molar-refractivity contribution in [3.8, 4) is 0 Å². The average molecular weight is 353 g/mol. The molecule has 0 spiro atoms. The molecule has 0 aromatic heterocycles. The van der Waals surface area contributed by atoms with Gasteiger partial charge in [-0.25, -0.2) is 0 Å². The van der Waals surface area contributed by atoms with Gasteiger partial charge in [-0.1, -0.05) is 6.42 Å². The highest BCUT2D eigenvalue weighted by Crippen LogP contribution is 2.25. The zero-order valence-corrected chi connectivity index (χ0v) is 12.7. The van der Waals surface area contributed by atoms with Gasteiger partial charge in [0.05, 0.1) is 6.10 Å². The van der Waals surface area contributed by atoms with Crippen LogP contribution in [0, 0.1) is 5.92 Å². The first kappa shape index (κ1) is 15.0. The third kappa shape index (κ3) is 4.28. The topological polar surface area (TPSA) is 61.9 Å². The predicted molar refractivity (Wildman–Crippen MR) is 80.7 cm³/mol. The van der Waals surface area contributed by atoms with Crippen molar-refractivity contribution in [2.75, 3.05) is 19.6 Å². The molecule has 3 N–H and O–H groups in total. The molecule has 17 heavy (non-hydrogen) atoms. The summed E-state index contributed by atoms with van der Waals surface area (Å²) in [5, 5.41) is 9.69. The van der Waals surface area contributed by atoms with E-state index in [1.54, 1.807) is 0 Å². The zero-order valence-electron chi connectivity index (χ0n) is 10.3. The van der Waals surface area contributed by atoms with Crippen molar-refractivity contribution in [1.82, 2.24) is 4.90 Å². The maximum atomic E-state index is 9.69. The number of hydrogen-bond donors (Lipinski definition) is 2. The molecule has 2 atom stereocenters. The SMILES string of the molecule is I.NC(=NCC1CCCC1O)N1CCCCC1. The van der Waals surface area contributed by atoms with Crippen LogP contribution in [0.5, 0.6) is 0 Å². The molecule has 0 aromatic carbocycles. The molecule has 2 unspecified atom stereocenters. The van der Waals surface area contributed by atoms with Gasteiger partial charge in [-0.2, -0.15) is 0 Å². The van der Waals surface area contributed by atoms with Crippen LogP contribution in [0.25, 0.3) is 0 Å². The van der Waals surface area contributed by atoms with E-state index in [1.165, 1.54) is 19.3 Å². The van der Waals surface area contributed by atoms with Crippen molar-refractivity contribution in [2.45, 2.75) is 44.6 Å². The van der Waals surface area contributed by atoms with E-state index in [9.17, 15) is 5.11 Å². The number of nitrogens with two attached hydrogens (primary N) is 1. The van der Waals surface area contributed by atoms with E-state index < -0.39 is 0 Å². The van der Waals surface area contributed by atoms with Crippen molar-refractivity contribution < 1.29 is 5.11 Å². The lowest BCUT2D eigenvalue weighted by Crippen LogP contribution is -2.41. The Labute approximate surface area is 121 Å². The largest absolute Gasteiger partial charge is 0.393 e. The maximum absolute atomic E-state index is 9.69. The van der Waals surface area contributed by atoms with Gasteiger partial charge in [-0.05, 0) is 32.1 Å². The molecule has 0 aromatic rings. The summed E-state index contributed by atoms with van der Waals surface area (Å²) in [4.78, 5) is 6.61. The maximum Gasteiger partial charge on any atom is 0.191 e. The molecule has 0 bridgehead atoms.